The number of aliphatic hydroxyl groups is 1. The van der Waals surface area contributed by atoms with Gasteiger partial charge in [0.15, 0.2) is 5.69 Å². The van der Waals surface area contributed by atoms with Crippen LogP contribution in [-0.4, -0.2) is 35.2 Å². The molecule has 1 aromatic heterocycles. The fourth-order valence-corrected chi connectivity index (χ4v) is 0.967. The van der Waals surface area contributed by atoms with E-state index in [4.69, 9.17) is 34.6 Å². The highest BCUT2D eigenvalue weighted by Crippen LogP contribution is 2.10. The first kappa shape index (κ1) is 16.6. The fraction of sp³-hybridized carbons (Fsp3) is 0.222. The van der Waals surface area contributed by atoms with Crippen molar-refractivity contribution in [2.75, 3.05) is 13.2 Å². The lowest BCUT2D eigenvalue weighted by molar-refractivity contribution is 0.0704. The maximum atomic E-state index is 11.0. The summed E-state index contributed by atoms with van der Waals surface area (Å²) in [5.74, 6) is -1.86. The van der Waals surface area contributed by atoms with Crippen LogP contribution in [0.2, 0.25) is 0 Å². The van der Waals surface area contributed by atoms with Crippen LogP contribution in [0.3, 0.4) is 0 Å². The van der Waals surface area contributed by atoms with Crippen molar-refractivity contribution in [2.45, 2.75) is 0 Å². The van der Waals surface area contributed by atoms with Crippen LogP contribution >= 0.6 is 23.7 Å². The van der Waals surface area contributed by atoms with E-state index in [0.717, 1.165) is 0 Å². The number of halogens is 2. The number of nitrogens with zero attached hydrogens (tertiary/aromatic N) is 1. The summed E-state index contributed by atoms with van der Waals surface area (Å²) in [6.07, 6.45) is 1.30. The number of aromatic nitrogens is 1. The maximum absolute atomic E-state index is 11.0. The molecule has 1 heterocycles. The largest absolute Gasteiger partial charge is 0.395 e. The van der Waals surface area contributed by atoms with Crippen LogP contribution in [0.4, 0.5) is 0 Å². The van der Waals surface area contributed by atoms with E-state index < -0.39 is 11.9 Å². The van der Waals surface area contributed by atoms with Gasteiger partial charge < -0.3 is 19.4 Å². The minimum atomic E-state index is -0.954. The van der Waals surface area contributed by atoms with Gasteiger partial charge in [0.25, 0.3) is 0 Å². The second kappa shape index (κ2) is 9.60. The van der Waals surface area contributed by atoms with Gasteiger partial charge in [0.1, 0.15) is 23.7 Å². The number of pyridine rings is 1. The van der Waals surface area contributed by atoms with Gasteiger partial charge in [0.05, 0.1) is 12.2 Å². The molecule has 0 aliphatic heterocycles. The quantitative estimate of drug-likeness (QED) is 0.841. The second-order valence-corrected chi connectivity index (χ2v) is 2.95. The van der Waals surface area contributed by atoms with Crippen LogP contribution in [0, 0.1) is 0 Å². The van der Waals surface area contributed by atoms with Crippen LogP contribution in [0.15, 0.2) is 18.3 Å². The zero-order chi connectivity index (χ0) is 14.0. The van der Waals surface area contributed by atoms with Crippen LogP contribution in [0.1, 0.15) is 20.8 Å². The number of hydrogen-bond acceptors (Lipinski definition) is 7. The van der Waals surface area contributed by atoms with E-state index in [1.54, 1.807) is 0 Å². The molecule has 3 N–H and O–H groups in total. The molecular weight excluding hydrogens is 287 g/mol. The van der Waals surface area contributed by atoms with Crippen molar-refractivity contribution >= 4 is 35.7 Å². The average Bonchev–Trinajstić information content (AvgIpc) is 2.45. The molecule has 0 fully saturated rings. The molecule has 0 saturated heterocycles. The normalized spacial score (nSPS) is 8.89. The zero-order valence-electron chi connectivity index (χ0n) is 9.01. The molecule has 0 saturated carbocycles. The van der Waals surface area contributed by atoms with Gasteiger partial charge in [-0.15, -0.1) is 0 Å². The Morgan fingerprint density at radius 2 is 1.89 bits per heavy atom. The molecule has 100 valence electrons. The minimum absolute atomic E-state index is 0.0972. The highest BCUT2D eigenvalue weighted by molar-refractivity contribution is 6.19. The van der Waals surface area contributed by atoms with Crippen molar-refractivity contribution < 1.29 is 23.3 Å². The highest BCUT2D eigenvalue weighted by Gasteiger charge is 2.20. The van der Waals surface area contributed by atoms with Gasteiger partial charge >= 0.3 is 11.9 Å². The van der Waals surface area contributed by atoms with E-state index in [1.165, 1.54) is 18.3 Å². The first-order chi connectivity index (χ1) is 8.62. The van der Waals surface area contributed by atoms with Gasteiger partial charge in [-0.25, -0.2) is 14.6 Å². The monoisotopic (exact) mass is 296 g/mol. The number of aliphatic hydroxyl groups excluding tert-OH is 1. The first-order valence-corrected chi connectivity index (χ1v) is 5.15. The number of nitrogens with two attached hydrogens (primary N) is 1. The van der Waals surface area contributed by atoms with E-state index >= 15 is 0 Å². The average molecular weight is 297 g/mol. The Balaban J connectivity index is 0.000000631. The summed E-state index contributed by atoms with van der Waals surface area (Å²) < 4.78 is 7.81. The van der Waals surface area contributed by atoms with E-state index in [2.05, 4.69) is 13.6 Å². The molecule has 1 rings (SSSR count). The first-order valence-electron chi connectivity index (χ1n) is 4.54. The molecule has 0 atom stereocenters. The lowest BCUT2D eigenvalue weighted by Gasteiger charge is -2.00. The predicted octanol–water partition coefficient (Wildman–Crippen LogP) is 0.640. The standard InChI is InChI=1S/C7H3Cl2NO4.C2H7NO/c8-13-6(11)4-2-1-3-10-5(4)7(12)14-9;3-1-2-4/h1-3H;4H,1-3H2. The van der Waals surface area contributed by atoms with Gasteiger partial charge in [-0.2, -0.15) is 0 Å². The second-order valence-electron chi connectivity index (χ2n) is 2.64. The van der Waals surface area contributed by atoms with Crippen LogP contribution in [0.25, 0.3) is 0 Å². The van der Waals surface area contributed by atoms with Crippen LogP contribution < -0.4 is 5.73 Å². The topological polar surface area (TPSA) is 112 Å². The lowest BCUT2D eigenvalue weighted by Crippen LogP contribution is -2.11. The molecule has 0 amide bonds. The smallest absolute Gasteiger partial charge is 0.375 e. The van der Waals surface area contributed by atoms with Crippen LogP contribution in [-0.2, 0) is 8.58 Å². The van der Waals surface area contributed by atoms with E-state index in [1.807, 2.05) is 0 Å². The van der Waals surface area contributed by atoms with Crippen LogP contribution in [0.5, 0.6) is 0 Å². The molecule has 0 aliphatic rings. The molecule has 0 unspecified atom stereocenters. The van der Waals surface area contributed by atoms with Gasteiger partial charge in [-0.05, 0) is 12.1 Å². The summed E-state index contributed by atoms with van der Waals surface area (Å²) in [5.41, 5.74) is 4.40. The third kappa shape index (κ3) is 5.28. The van der Waals surface area contributed by atoms with E-state index in [9.17, 15) is 9.59 Å². The number of hydrogen-bond donors (Lipinski definition) is 2. The molecule has 18 heavy (non-hydrogen) atoms. The van der Waals surface area contributed by atoms with Crippen molar-refractivity contribution in [1.29, 1.82) is 0 Å². The Bertz CT molecular complexity index is 365. The summed E-state index contributed by atoms with van der Waals surface area (Å²) >= 11 is 9.68. The molecule has 0 aromatic carbocycles. The van der Waals surface area contributed by atoms with Crippen molar-refractivity contribution in [3.63, 3.8) is 0 Å². The Morgan fingerprint density at radius 1 is 1.33 bits per heavy atom. The summed E-state index contributed by atoms with van der Waals surface area (Å²) in [6.45, 7) is 0.472. The van der Waals surface area contributed by atoms with Gasteiger partial charge in [0.2, 0.25) is 0 Å². The maximum Gasteiger partial charge on any atom is 0.375 e. The Hall–Kier alpha value is -1.41. The summed E-state index contributed by atoms with van der Waals surface area (Å²) in [5, 5.41) is 7.75. The molecule has 0 spiro atoms. The SMILES string of the molecule is NCCO.O=C(OCl)c1cccnc1C(=O)OCl. The molecule has 0 aliphatic carbocycles. The molecule has 7 nitrogen and oxygen atoms in total. The number of rotatable bonds is 3. The van der Waals surface area contributed by atoms with Crippen molar-refractivity contribution in [1.82, 2.24) is 4.98 Å². The summed E-state index contributed by atoms with van der Waals surface area (Å²) in [6, 6.07) is 2.75. The van der Waals surface area contributed by atoms with Crippen molar-refractivity contribution in [3.8, 4) is 0 Å². The highest BCUT2D eigenvalue weighted by atomic mass is 35.5. The molecule has 1 aromatic rings. The number of carbonyl (C=O) groups is 2. The predicted molar refractivity (Wildman–Crippen MR) is 62.9 cm³/mol. The van der Waals surface area contributed by atoms with Gasteiger partial charge in [0, 0.05) is 12.7 Å². The van der Waals surface area contributed by atoms with Gasteiger partial charge in [-0.1, -0.05) is 0 Å². The Morgan fingerprint density at radius 3 is 2.33 bits per heavy atom. The summed E-state index contributed by atoms with van der Waals surface area (Å²) in [4.78, 5) is 25.6. The Kier molecular flexibility index (Phi) is 8.85. The Labute approximate surface area is 113 Å². The third-order valence-electron chi connectivity index (χ3n) is 1.49. The third-order valence-corrected chi connectivity index (χ3v) is 1.77. The molecule has 0 radical (unpaired) electrons. The number of carbonyl (C=O) groups excluding carboxylic acids is 2. The van der Waals surface area contributed by atoms with Crippen molar-refractivity contribution in [2.24, 2.45) is 5.73 Å². The van der Waals surface area contributed by atoms with Crippen molar-refractivity contribution in [3.05, 3.63) is 29.6 Å². The molecular formula is C9H10Cl2N2O5. The lowest BCUT2D eigenvalue weighted by atomic mass is 10.2. The fourth-order valence-electron chi connectivity index (χ4n) is 0.811. The van der Waals surface area contributed by atoms with E-state index in [-0.39, 0.29) is 17.9 Å². The zero-order valence-corrected chi connectivity index (χ0v) is 10.5. The summed E-state index contributed by atoms with van der Waals surface area (Å²) in [7, 11) is 0. The van der Waals surface area contributed by atoms with E-state index in [0.29, 0.717) is 6.54 Å². The molecule has 0 bridgehead atoms. The molecule has 9 heteroatoms. The van der Waals surface area contributed by atoms with Gasteiger partial charge in [-0.3, -0.25) is 0 Å². The minimum Gasteiger partial charge on any atom is -0.395 e.